The molecule has 16 heavy (non-hydrogen) atoms. The van der Waals surface area contributed by atoms with Crippen LogP contribution in [0.5, 0.6) is 0 Å². The van der Waals surface area contributed by atoms with Crippen molar-refractivity contribution >= 4 is 18.0 Å². The van der Waals surface area contributed by atoms with E-state index in [9.17, 15) is 9.59 Å². The van der Waals surface area contributed by atoms with Crippen LogP contribution in [-0.2, 0) is 9.59 Å². The molecule has 0 radical (unpaired) electrons. The lowest BCUT2D eigenvalue weighted by atomic mass is 10.1. The van der Waals surface area contributed by atoms with E-state index in [-0.39, 0.29) is 5.92 Å². The molecule has 0 aliphatic carbocycles. The predicted octanol–water partition coefficient (Wildman–Crippen LogP) is -1.17. The maximum Gasteiger partial charge on any atom is 0.402 e. The van der Waals surface area contributed by atoms with Crippen LogP contribution in [-0.4, -0.2) is 45.9 Å². The summed E-state index contributed by atoms with van der Waals surface area (Å²) < 4.78 is 0. The van der Waals surface area contributed by atoms with Gasteiger partial charge in [0, 0.05) is 0 Å². The molecule has 0 bridgehead atoms. The van der Waals surface area contributed by atoms with Crippen molar-refractivity contribution in [1.29, 1.82) is 0 Å². The van der Waals surface area contributed by atoms with Crippen LogP contribution < -0.4 is 11.1 Å². The molecule has 94 valence electrons. The summed E-state index contributed by atoms with van der Waals surface area (Å²) in [6, 6.07) is -0.926. The minimum atomic E-state index is -1.33. The molecule has 6 N–H and O–H groups in total. The van der Waals surface area contributed by atoms with Crippen LogP contribution in [0.15, 0.2) is 0 Å². The molecule has 0 aromatic rings. The van der Waals surface area contributed by atoms with Crippen LogP contribution in [0.25, 0.3) is 0 Å². The normalized spacial score (nSPS) is 11.0. The quantitative estimate of drug-likeness (QED) is 0.415. The summed E-state index contributed by atoms with van der Waals surface area (Å²) in [7, 11) is 0. The number of hydrogen-bond acceptors (Lipinski definition) is 4. The number of carbonyl (C=O) groups is 3. The van der Waals surface area contributed by atoms with Gasteiger partial charge < -0.3 is 26.4 Å². The highest BCUT2D eigenvalue weighted by Crippen LogP contribution is 2.00. The molecule has 0 saturated heterocycles. The number of primary amides is 1. The molecule has 1 atom stereocenters. The minimum absolute atomic E-state index is 0.196. The summed E-state index contributed by atoms with van der Waals surface area (Å²) in [5, 5.41) is 26.3. The summed E-state index contributed by atoms with van der Waals surface area (Å²) in [6.45, 7) is 2.67. The Morgan fingerprint density at radius 2 is 1.62 bits per heavy atom. The number of nitrogens with one attached hydrogen (secondary N) is 1. The molecule has 8 heteroatoms. The Morgan fingerprint density at radius 1 is 1.25 bits per heavy atom. The summed E-state index contributed by atoms with van der Waals surface area (Å²) >= 11 is 0. The molecule has 0 rings (SSSR count). The Hall–Kier alpha value is -1.83. The van der Waals surface area contributed by atoms with Crippen molar-refractivity contribution in [3.63, 3.8) is 0 Å². The Balaban J connectivity index is 0. The highest BCUT2D eigenvalue weighted by molar-refractivity contribution is 5.84. The first-order valence-corrected chi connectivity index (χ1v) is 4.33. The van der Waals surface area contributed by atoms with Crippen LogP contribution in [0.2, 0.25) is 0 Å². The van der Waals surface area contributed by atoms with E-state index in [0.717, 1.165) is 0 Å². The first-order valence-electron chi connectivity index (χ1n) is 4.33. The average molecular weight is 236 g/mol. The highest BCUT2D eigenvalue weighted by atomic mass is 16.4. The molecule has 2 amide bonds. The molecule has 0 fully saturated rings. The Bertz CT molecular complexity index is 249. The number of aliphatic hydroxyl groups is 1. The van der Waals surface area contributed by atoms with E-state index in [1.54, 1.807) is 13.8 Å². The highest BCUT2D eigenvalue weighted by Gasteiger charge is 2.22. The second-order valence-corrected chi connectivity index (χ2v) is 3.12. The number of nitrogens with two attached hydrogens (primary N) is 1. The number of carboxylic acid groups (broad SMARTS) is 2. The van der Waals surface area contributed by atoms with E-state index in [2.05, 4.69) is 11.1 Å². The zero-order valence-electron chi connectivity index (χ0n) is 9.01. The topological polar surface area (TPSA) is 150 Å². The molecule has 0 aromatic heterocycles. The number of hydrogen-bond donors (Lipinski definition) is 5. The minimum Gasteiger partial charge on any atom is -0.480 e. The van der Waals surface area contributed by atoms with Crippen molar-refractivity contribution in [3.8, 4) is 0 Å². The van der Waals surface area contributed by atoms with E-state index < -0.39 is 30.6 Å². The van der Waals surface area contributed by atoms with Gasteiger partial charge >= 0.3 is 12.1 Å². The molecule has 0 spiro atoms. The van der Waals surface area contributed by atoms with Crippen molar-refractivity contribution in [3.05, 3.63) is 0 Å². The van der Waals surface area contributed by atoms with Crippen molar-refractivity contribution in [2.45, 2.75) is 19.9 Å². The van der Waals surface area contributed by atoms with Crippen molar-refractivity contribution < 1.29 is 29.7 Å². The van der Waals surface area contributed by atoms with Crippen molar-refractivity contribution in [1.82, 2.24) is 5.32 Å². The van der Waals surface area contributed by atoms with E-state index in [1.807, 2.05) is 0 Å². The lowest BCUT2D eigenvalue weighted by molar-refractivity contribution is -0.143. The second kappa shape index (κ2) is 8.48. The van der Waals surface area contributed by atoms with Gasteiger partial charge in [0.2, 0.25) is 5.91 Å². The lowest BCUT2D eigenvalue weighted by Gasteiger charge is -2.16. The molecule has 8 nitrogen and oxygen atoms in total. The lowest BCUT2D eigenvalue weighted by Crippen LogP contribution is -2.45. The fourth-order valence-corrected chi connectivity index (χ4v) is 0.733. The van der Waals surface area contributed by atoms with E-state index in [0.29, 0.717) is 0 Å². The van der Waals surface area contributed by atoms with Gasteiger partial charge in [-0.1, -0.05) is 13.8 Å². The van der Waals surface area contributed by atoms with Gasteiger partial charge in [-0.2, -0.15) is 0 Å². The number of carboxylic acids is 1. The molecule has 0 unspecified atom stereocenters. The third kappa shape index (κ3) is 10.3. The molecular formula is C8H16N2O6. The number of amides is 2. The third-order valence-electron chi connectivity index (χ3n) is 1.39. The molecule has 0 aliphatic rings. The number of aliphatic carboxylic acids is 1. The maximum absolute atomic E-state index is 10.6. The summed E-state index contributed by atoms with van der Waals surface area (Å²) in [5.74, 6) is -1.96. The van der Waals surface area contributed by atoms with Crippen molar-refractivity contribution in [2.75, 3.05) is 6.61 Å². The molecular weight excluding hydrogens is 220 g/mol. The fraction of sp³-hybridized carbons (Fsp3) is 0.625. The van der Waals surface area contributed by atoms with E-state index in [1.165, 1.54) is 0 Å². The standard InChI is InChI=1S/C7H13NO4.CH3NO2/c1-4(2)6(7(11)12)8-5(10)3-9;2-1(3)4/h4,6,9H,3H2,1-2H3,(H,8,10)(H,11,12);2H2,(H,3,4)/t6-;/m0./s1. The smallest absolute Gasteiger partial charge is 0.402 e. The van der Waals surface area contributed by atoms with E-state index >= 15 is 0 Å². The maximum atomic E-state index is 10.6. The summed E-state index contributed by atoms with van der Waals surface area (Å²) in [4.78, 5) is 29.9. The molecule has 0 aliphatic heterocycles. The molecule has 0 saturated carbocycles. The van der Waals surface area contributed by atoms with Gasteiger partial charge in [0.15, 0.2) is 0 Å². The monoisotopic (exact) mass is 236 g/mol. The number of rotatable bonds is 4. The summed E-state index contributed by atoms with van der Waals surface area (Å²) in [6.07, 6.45) is -1.33. The van der Waals surface area contributed by atoms with Gasteiger partial charge in [-0.3, -0.25) is 4.79 Å². The SMILES string of the molecule is CC(C)[C@H](NC(=O)CO)C(=O)O.NC(=O)O. The molecule has 0 heterocycles. The molecule has 0 aromatic carbocycles. The fourth-order valence-electron chi connectivity index (χ4n) is 0.733. The average Bonchev–Trinajstić information content (AvgIpc) is 2.11. The zero-order chi connectivity index (χ0) is 13.3. The summed E-state index contributed by atoms with van der Waals surface area (Å²) in [5.41, 5.74) is 4.03. The second-order valence-electron chi connectivity index (χ2n) is 3.12. The van der Waals surface area contributed by atoms with Gasteiger partial charge in [-0.25, -0.2) is 9.59 Å². The number of aliphatic hydroxyl groups excluding tert-OH is 1. The predicted molar refractivity (Wildman–Crippen MR) is 53.7 cm³/mol. The van der Waals surface area contributed by atoms with Crippen molar-refractivity contribution in [2.24, 2.45) is 11.7 Å². The van der Waals surface area contributed by atoms with Gasteiger partial charge in [0.1, 0.15) is 12.6 Å². The number of carbonyl (C=O) groups excluding carboxylic acids is 1. The Morgan fingerprint density at radius 3 is 1.81 bits per heavy atom. The van der Waals surface area contributed by atoms with Crippen LogP contribution in [0, 0.1) is 5.92 Å². The Labute approximate surface area is 92.1 Å². The first kappa shape index (κ1) is 16.6. The van der Waals surface area contributed by atoms with Crippen LogP contribution in [0.3, 0.4) is 0 Å². The van der Waals surface area contributed by atoms with Gasteiger partial charge in [-0.05, 0) is 5.92 Å². The van der Waals surface area contributed by atoms with Gasteiger partial charge in [-0.15, -0.1) is 0 Å². The van der Waals surface area contributed by atoms with Crippen LogP contribution >= 0.6 is 0 Å². The van der Waals surface area contributed by atoms with Crippen LogP contribution in [0.4, 0.5) is 4.79 Å². The first-order chi connectivity index (χ1) is 7.22. The van der Waals surface area contributed by atoms with Crippen LogP contribution in [0.1, 0.15) is 13.8 Å². The largest absolute Gasteiger partial charge is 0.480 e. The third-order valence-corrected chi connectivity index (χ3v) is 1.39. The Kier molecular flexibility index (Phi) is 8.79. The van der Waals surface area contributed by atoms with E-state index in [4.69, 9.17) is 20.1 Å². The van der Waals surface area contributed by atoms with Gasteiger partial charge in [0.25, 0.3) is 0 Å². The van der Waals surface area contributed by atoms with Gasteiger partial charge in [0.05, 0.1) is 0 Å². The zero-order valence-corrected chi connectivity index (χ0v) is 9.01.